The van der Waals surface area contributed by atoms with Gasteiger partial charge >= 0.3 is 0 Å². The molecule has 3 N–H and O–H groups in total. The van der Waals surface area contributed by atoms with Gasteiger partial charge in [-0.1, -0.05) is 23.7 Å². The first-order valence-corrected chi connectivity index (χ1v) is 6.52. The fourth-order valence-corrected chi connectivity index (χ4v) is 2.00. The van der Waals surface area contributed by atoms with Gasteiger partial charge in [-0.05, 0) is 42.3 Å². The molecule has 5 heteroatoms. The first-order chi connectivity index (χ1) is 9.56. The molecule has 0 aliphatic rings. The topological polar surface area (TPSA) is 55.1 Å². The van der Waals surface area contributed by atoms with Gasteiger partial charge in [0.2, 0.25) is 0 Å². The Morgan fingerprint density at radius 3 is 2.75 bits per heavy atom. The smallest absolute Gasteiger partial charge is 0.251 e. The van der Waals surface area contributed by atoms with E-state index in [9.17, 15) is 9.18 Å². The van der Waals surface area contributed by atoms with Crippen LogP contribution in [-0.4, -0.2) is 12.5 Å². The molecule has 1 amide bonds. The van der Waals surface area contributed by atoms with E-state index in [1.165, 1.54) is 12.1 Å². The van der Waals surface area contributed by atoms with Crippen molar-refractivity contribution >= 4 is 23.2 Å². The molecule has 3 nitrogen and oxygen atoms in total. The van der Waals surface area contributed by atoms with E-state index in [0.29, 0.717) is 18.0 Å². The summed E-state index contributed by atoms with van der Waals surface area (Å²) in [6.07, 6.45) is 0.657. The summed E-state index contributed by atoms with van der Waals surface area (Å²) < 4.78 is 13.3. The van der Waals surface area contributed by atoms with Crippen LogP contribution in [-0.2, 0) is 6.42 Å². The van der Waals surface area contributed by atoms with Crippen molar-refractivity contribution in [1.82, 2.24) is 5.32 Å². The minimum absolute atomic E-state index is 0.0282. The molecule has 0 aliphatic carbocycles. The zero-order valence-electron chi connectivity index (χ0n) is 10.7. The van der Waals surface area contributed by atoms with E-state index in [2.05, 4.69) is 5.32 Å². The second kappa shape index (κ2) is 6.39. The van der Waals surface area contributed by atoms with E-state index in [4.69, 9.17) is 17.3 Å². The molecule has 0 aliphatic heterocycles. The summed E-state index contributed by atoms with van der Waals surface area (Å²) in [6, 6.07) is 11.4. The van der Waals surface area contributed by atoms with E-state index in [0.717, 1.165) is 11.6 Å². The number of rotatable bonds is 4. The van der Waals surface area contributed by atoms with Gasteiger partial charge in [0.15, 0.2) is 0 Å². The largest absolute Gasteiger partial charge is 0.396 e. The molecule has 0 unspecified atom stereocenters. The van der Waals surface area contributed by atoms with Crippen LogP contribution in [0, 0.1) is 5.82 Å². The molecule has 0 saturated heterocycles. The highest BCUT2D eigenvalue weighted by molar-refractivity contribution is 6.30. The highest BCUT2D eigenvalue weighted by Crippen LogP contribution is 2.12. The molecular weight excluding hydrogens is 279 g/mol. The molecule has 2 aromatic carbocycles. The van der Waals surface area contributed by atoms with Crippen molar-refractivity contribution in [2.24, 2.45) is 0 Å². The number of amides is 1. The molecule has 0 heterocycles. The Morgan fingerprint density at radius 1 is 1.25 bits per heavy atom. The van der Waals surface area contributed by atoms with Gasteiger partial charge in [-0.3, -0.25) is 4.79 Å². The second-order valence-corrected chi connectivity index (χ2v) is 4.81. The second-order valence-electron chi connectivity index (χ2n) is 4.37. The summed E-state index contributed by atoms with van der Waals surface area (Å²) in [5, 5.41) is 3.39. The van der Waals surface area contributed by atoms with Gasteiger partial charge in [-0.15, -0.1) is 0 Å². The van der Waals surface area contributed by atoms with E-state index >= 15 is 0 Å². The standard InChI is InChI=1S/C15H14ClFN2O/c16-12-3-1-2-10(8-12)6-7-19-15(20)11-4-5-14(18)13(17)9-11/h1-5,8-9H,6-7,18H2,(H,19,20). The fraction of sp³-hybridized carbons (Fsp3) is 0.133. The number of nitrogens with two attached hydrogens (primary N) is 1. The van der Waals surface area contributed by atoms with Gasteiger partial charge in [-0.25, -0.2) is 4.39 Å². The number of hydrogen-bond donors (Lipinski definition) is 2. The molecule has 0 saturated carbocycles. The van der Waals surface area contributed by atoms with Crippen molar-refractivity contribution < 1.29 is 9.18 Å². The van der Waals surface area contributed by atoms with Crippen molar-refractivity contribution in [2.75, 3.05) is 12.3 Å². The van der Waals surface area contributed by atoms with Crippen LogP contribution in [0.2, 0.25) is 5.02 Å². The maximum absolute atomic E-state index is 13.3. The van der Waals surface area contributed by atoms with Gasteiger partial charge in [0.05, 0.1) is 5.69 Å². The number of halogens is 2. The van der Waals surface area contributed by atoms with Gasteiger partial charge < -0.3 is 11.1 Å². The van der Waals surface area contributed by atoms with Gasteiger partial charge in [0.25, 0.3) is 5.91 Å². The third-order valence-electron chi connectivity index (χ3n) is 2.85. The predicted octanol–water partition coefficient (Wildman–Crippen LogP) is 3.03. The van der Waals surface area contributed by atoms with Crippen LogP contribution in [0.3, 0.4) is 0 Å². The molecule has 0 fully saturated rings. The Morgan fingerprint density at radius 2 is 2.05 bits per heavy atom. The van der Waals surface area contributed by atoms with Gasteiger partial charge in [-0.2, -0.15) is 0 Å². The Balaban J connectivity index is 1.90. The van der Waals surface area contributed by atoms with Crippen LogP contribution in [0.25, 0.3) is 0 Å². The van der Waals surface area contributed by atoms with Crippen molar-refractivity contribution in [3.8, 4) is 0 Å². The van der Waals surface area contributed by atoms with E-state index < -0.39 is 5.82 Å². The average Bonchev–Trinajstić information content (AvgIpc) is 2.42. The lowest BCUT2D eigenvalue weighted by molar-refractivity contribution is 0.0953. The first kappa shape index (κ1) is 14.3. The molecular formula is C15H14ClFN2O. The molecule has 0 radical (unpaired) electrons. The van der Waals surface area contributed by atoms with Crippen LogP contribution in [0.5, 0.6) is 0 Å². The Labute approximate surface area is 121 Å². The predicted molar refractivity (Wildman–Crippen MR) is 78.3 cm³/mol. The Bertz CT molecular complexity index is 631. The average molecular weight is 293 g/mol. The minimum atomic E-state index is -0.590. The summed E-state index contributed by atoms with van der Waals surface area (Å²) in [5.41, 5.74) is 6.67. The van der Waals surface area contributed by atoms with Crippen LogP contribution in [0.15, 0.2) is 42.5 Å². The number of carbonyl (C=O) groups is 1. The lowest BCUT2D eigenvalue weighted by Crippen LogP contribution is -2.25. The number of carbonyl (C=O) groups excluding carboxylic acids is 1. The van der Waals surface area contributed by atoms with Crippen molar-refractivity contribution in [3.63, 3.8) is 0 Å². The Kier molecular flexibility index (Phi) is 4.58. The number of anilines is 1. The molecule has 0 spiro atoms. The van der Waals surface area contributed by atoms with Crippen LogP contribution >= 0.6 is 11.6 Å². The van der Waals surface area contributed by atoms with Crippen LogP contribution in [0.1, 0.15) is 15.9 Å². The summed E-state index contributed by atoms with van der Waals surface area (Å²) in [6.45, 7) is 0.450. The monoisotopic (exact) mass is 292 g/mol. The van der Waals surface area contributed by atoms with Gasteiger partial charge in [0.1, 0.15) is 5.82 Å². The SMILES string of the molecule is Nc1ccc(C(=O)NCCc2cccc(Cl)c2)cc1F. The lowest BCUT2D eigenvalue weighted by Gasteiger charge is -2.06. The summed E-state index contributed by atoms with van der Waals surface area (Å²) >= 11 is 5.87. The molecule has 0 bridgehead atoms. The van der Waals surface area contributed by atoms with E-state index in [-0.39, 0.29) is 17.2 Å². The molecule has 2 aromatic rings. The third-order valence-corrected chi connectivity index (χ3v) is 3.09. The quantitative estimate of drug-likeness (QED) is 0.851. The highest BCUT2D eigenvalue weighted by atomic mass is 35.5. The molecule has 0 aromatic heterocycles. The maximum atomic E-state index is 13.3. The molecule has 0 atom stereocenters. The number of nitrogens with one attached hydrogen (secondary N) is 1. The minimum Gasteiger partial charge on any atom is -0.396 e. The van der Waals surface area contributed by atoms with Gasteiger partial charge in [0, 0.05) is 17.1 Å². The molecule has 104 valence electrons. The summed E-state index contributed by atoms with van der Waals surface area (Å²) in [5.74, 6) is -0.918. The number of hydrogen-bond acceptors (Lipinski definition) is 2. The highest BCUT2D eigenvalue weighted by Gasteiger charge is 2.07. The first-order valence-electron chi connectivity index (χ1n) is 6.14. The van der Waals surface area contributed by atoms with Crippen molar-refractivity contribution in [1.29, 1.82) is 0 Å². The third kappa shape index (κ3) is 3.71. The summed E-state index contributed by atoms with van der Waals surface area (Å²) in [4.78, 5) is 11.8. The number of benzene rings is 2. The van der Waals surface area contributed by atoms with Crippen LogP contribution < -0.4 is 11.1 Å². The molecule has 2 rings (SSSR count). The maximum Gasteiger partial charge on any atom is 0.251 e. The fourth-order valence-electron chi connectivity index (χ4n) is 1.78. The lowest BCUT2D eigenvalue weighted by atomic mass is 10.1. The van der Waals surface area contributed by atoms with Crippen molar-refractivity contribution in [3.05, 3.63) is 64.4 Å². The van der Waals surface area contributed by atoms with E-state index in [1.807, 2.05) is 18.2 Å². The van der Waals surface area contributed by atoms with Crippen LogP contribution in [0.4, 0.5) is 10.1 Å². The number of nitrogen functional groups attached to an aromatic ring is 1. The van der Waals surface area contributed by atoms with Crippen molar-refractivity contribution in [2.45, 2.75) is 6.42 Å². The normalized spacial score (nSPS) is 10.3. The van der Waals surface area contributed by atoms with E-state index in [1.54, 1.807) is 6.07 Å². The Hall–Kier alpha value is -2.07. The summed E-state index contributed by atoms with van der Waals surface area (Å²) in [7, 11) is 0. The molecule has 20 heavy (non-hydrogen) atoms. The zero-order valence-corrected chi connectivity index (χ0v) is 11.5. The zero-order chi connectivity index (χ0) is 14.5.